The summed E-state index contributed by atoms with van der Waals surface area (Å²) in [5.74, 6) is 0.654. The highest BCUT2D eigenvalue weighted by atomic mass is 35.5. The smallest absolute Gasteiger partial charge is 0.251 e. The van der Waals surface area contributed by atoms with Gasteiger partial charge in [-0.15, -0.1) is 11.6 Å². The number of nitrogens with one attached hydrogen (secondary N) is 1. The summed E-state index contributed by atoms with van der Waals surface area (Å²) >= 11 is 5.76. The van der Waals surface area contributed by atoms with Crippen LogP contribution in [0.5, 0.6) is 0 Å². The Bertz CT molecular complexity index is 416. The highest BCUT2D eigenvalue weighted by molar-refractivity contribution is 6.17. The quantitative estimate of drug-likeness (QED) is 0.819. The minimum atomic E-state index is -0.0173. The zero-order valence-corrected chi connectivity index (χ0v) is 10.8. The zero-order chi connectivity index (χ0) is 12.3. The summed E-state index contributed by atoms with van der Waals surface area (Å²) in [6.07, 6.45) is 5.00. The molecule has 0 aliphatic heterocycles. The first-order chi connectivity index (χ1) is 8.15. The molecule has 17 heavy (non-hydrogen) atoms. The van der Waals surface area contributed by atoms with Crippen LogP contribution >= 0.6 is 11.6 Å². The van der Waals surface area contributed by atoms with Gasteiger partial charge in [-0.3, -0.25) is 9.78 Å². The molecule has 0 bridgehead atoms. The molecule has 4 heteroatoms. The second-order valence-electron chi connectivity index (χ2n) is 4.81. The van der Waals surface area contributed by atoms with E-state index in [0.717, 1.165) is 18.7 Å². The van der Waals surface area contributed by atoms with E-state index < -0.39 is 0 Å². The highest BCUT2D eigenvalue weighted by Crippen LogP contribution is 2.48. The molecule has 1 saturated carbocycles. The van der Waals surface area contributed by atoms with Crippen molar-refractivity contribution in [1.29, 1.82) is 0 Å². The van der Waals surface area contributed by atoms with Crippen LogP contribution in [0.1, 0.15) is 35.3 Å². The molecule has 1 heterocycles. The Morgan fingerprint density at radius 1 is 1.59 bits per heavy atom. The summed E-state index contributed by atoms with van der Waals surface area (Å²) in [4.78, 5) is 16.0. The molecule has 1 aromatic rings. The number of halogens is 1. The van der Waals surface area contributed by atoms with Crippen molar-refractivity contribution in [2.24, 2.45) is 5.41 Å². The first-order valence-electron chi connectivity index (χ1n) is 5.92. The lowest BCUT2D eigenvalue weighted by Crippen LogP contribution is -2.30. The number of aryl methyl sites for hydroxylation is 1. The Kier molecular flexibility index (Phi) is 3.67. The molecule has 1 N–H and O–H groups in total. The summed E-state index contributed by atoms with van der Waals surface area (Å²) < 4.78 is 0. The molecule has 1 aliphatic rings. The molecule has 0 unspecified atom stereocenters. The van der Waals surface area contributed by atoms with E-state index in [-0.39, 0.29) is 11.3 Å². The maximum absolute atomic E-state index is 11.9. The fourth-order valence-corrected chi connectivity index (χ4v) is 2.35. The van der Waals surface area contributed by atoms with Gasteiger partial charge in [0.1, 0.15) is 0 Å². The number of aromatic nitrogens is 1. The van der Waals surface area contributed by atoms with E-state index in [1.807, 2.05) is 6.92 Å². The molecule has 92 valence electrons. The Morgan fingerprint density at radius 3 is 2.94 bits per heavy atom. The highest BCUT2D eigenvalue weighted by Gasteiger charge is 2.41. The van der Waals surface area contributed by atoms with E-state index in [0.29, 0.717) is 11.4 Å². The van der Waals surface area contributed by atoms with E-state index in [1.54, 1.807) is 18.3 Å². The predicted octanol–water partition coefficient (Wildman–Crippen LogP) is 2.53. The van der Waals surface area contributed by atoms with E-state index in [4.69, 9.17) is 11.6 Å². The SMILES string of the molecule is Cc1cc(C(=O)NCC2(CCCl)CC2)ccn1. The number of carbonyl (C=O) groups excluding carboxylic acids is 1. The standard InChI is InChI=1S/C13H17ClN2O/c1-10-8-11(2-7-15-10)12(17)16-9-13(3-4-13)5-6-14/h2,7-8H,3-6,9H2,1H3,(H,16,17). The van der Waals surface area contributed by atoms with Gasteiger partial charge in [0.05, 0.1) is 0 Å². The van der Waals surface area contributed by atoms with Crippen LogP contribution in [0.4, 0.5) is 0 Å². The lowest BCUT2D eigenvalue weighted by molar-refractivity contribution is 0.0944. The van der Waals surface area contributed by atoms with Gasteiger partial charge >= 0.3 is 0 Å². The Hall–Kier alpha value is -1.09. The molecule has 0 saturated heterocycles. The van der Waals surface area contributed by atoms with E-state index in [1.165, 1.54) is 12.8 Å². The Labute approximate surface area is 107 Å². The molecule has 0 radical (unpaired) electrons. The van der Waals surface area contributed by atoms with E-state index in [9.17, 15) is 4.79 Å². The molecule has 0 atom stereocenters. The van der Waals surface area contributed by atoms with Crippen LogP contribution < -0.4 is 5.32 Å². The van der Waals surface area contributed by atoms with Crippen molar-refractivity contribution in [3.8, 4) is 0 Å². The van der Waals surface area contributed by atoms with Gasteiger partial charge in [0.15, 0.2) is 0 Å². The lowest BCUT2D eigenvalue weighted by Gasteiger charge is -2.14. The van der Waals surface area contributed by atoms with Crippen LogP contribution in [0.2, 0.25) is 0 Å². The van der Waals surface area contributed by atoms with Crippen molar-refractivity contribution < 1.29 is 4.79 Å². The third-order valence-electron chi connectivity index (χ3n) is 3.36. The molecule has 1 aromatic heterocycles. The molecule has 2 rings (SSSR count). The summed E-state index contributed by atoms with van der Waals surface area (Å²) in [5.41, 5.74) is 1.82. The van der Waals surface area contributed by atoms with Crippen molar-refractivity contribution in [3.63, 3.8) is 0 Å². The average molecular weight is 253 g/mol. The molecular formula is C13H17ClN2O. The van der Waals surface area contributed by atoms with Gasteiger partial charge in [-0.1, -0.05) is 0 Å². The average Bonchev–Trinajstić information content (AvgIpc) is 3.07. The van der Waals surface area contributed by atoms with Crippen molar-refractivity contribution in [2.75, 3.05) is 12.4 Å². The normalized spacial score (nSPS) is 16.6. The zero-order valence-electron chi connectivity index (χ0n) is 10.0. The minimum absolute atomic E-state index is 0.0173. The number of hydrogen-bond acceptors (Lipinski definition) is 2. The van der Waals surface area contributed by atoms with Crippen molar-refractivity contribution >= 4 is 17.5 Å². The monoisotopic (exact) mass is 252 g/mol. The second kappa shape index (κ2) is 5.05. The van der Waals surface area contributed by atoms with E-state index >= 15 is 0 Å². The fraction of sp³-hybridized carbons (Fsp3) is 0.538. The Morgan fingerprint density at radius 2 is 2.35 bits per heavy atom. The fourth-order valence-electron chi connectivity index (χ4n) is 1.95. The van der Waals surface area contributed by atoms with Gasteiger partial charge in [-0.2, -0.15) is 0 Å². The van der Waals surface area contributed by atoms with Crippen LogP contribution in [-0.4, -0.2) is 23.3 Å². The van der Waals surface area contributed by atoms with Gasteiger partial charge in [0, 0.05) is 29.9 Å². The molecular weight excluding hydrogens is 236 g/mol. The number of alkyl halides is 1. The molecule has 1 amide bonds. The number of amides is 1. The number of rotatable bonds is 5. The van der Waals surface area contributed by atoms with Crippen LogP contribution in [0.25, 0.3) is 0 Å². The third kappa shape index (κ3) is 3.19. The lowest BCUT2D eigenvalue weighted by atomic mass is 10.0. The molecule has 3 nitrogen and oxygen atoms in total. The summed E-state index contributed by atoms with van der Waals surface area (Å²) in [5, 5.41) is 2.99. The molecule has 0 aromatic carbocycles. The minimum Gasteiger partial charge on any atom is -0.351 e. The van der Waals surface area contributed by atoms with Crippen LogP contribution in [0, 0.1) is 12.3 Å². The second-order valence-corrected chi connectivity index (χ2v) is 5.19. The number of nitrogens with zero attached hydrogens (tertiary/aromatic N) is 1. The summed E-state index contributed by atoms with van der Waals surface area (Å²) in [6, 6.07) is 3.54. The van der Waals surface area contributed by atoms with Gasteiger partial charge in [-0.25, -0.2) is 0 Å². The third-order valence-corrected chi connectivity index (χ3v) is 3.55. The first kappa shape index (κ1) is 12.4. The van der Waals surface area contributed by atoms with Gasteiger partial charge in [0.25, 0.3) is 5.91 Å². The number of carbonyl (C=O) groups is 1. The Balaban J connectivity index is 1.90. The number of pyridine rings is 1. The largest absolute Gasteiger partial charge is 0.351 e. The number of hydrogen-bond donors (Lipinski definition) is 1. The summed E-state index contributed by atoms with van der Waals surface area (Å²) in [6.45, 7) is 2.62. The van der Waals surface area contributed by atoms with Crippen molar-refractivity contribution in [1.82, 2.24) is 10.3 Å². The van der Waals surface area contributed by atoms with Gasteiger partial charge in [0.2, 0.25) is 0 Å². The molecule has 1 aliphatic carbocycles. The van der Waals surface area contributed by atoms with Crippen LogP contribution in [0.3, 0.4) is 0 Å². The topological polar surface area (TPSA) is 42.0 Å². The maximum Gasteiger partial charge on any atom is 0.251 e. The van der Waals surface area contributed by atoms with Crippen LogP contribution in [-0.2, 0) is 0 Å². The summed E-state index contributed by atoms with van der Waals surface area (Å²) in [7, 11) is 0. The van der Waals surface area contributed by atoms with Crippen molar-refractivity contribution in [3.05, 3.63) is 29.6 Å². The van der Waals surface area contributed by atoms with Gasteiger partial charge < -0.3 is 5.32 Å². The molecule has 1 fully saturated rings. The van der Waals surface area contributed by atoms with Crippen LogP contribution in [0.15, 0.2) is 18.3 Å². The molecule has 0 spiro atoms. The van der Waals surface area contributed by atoms with E-state index in [2.05, 4.69) is 10.3 Å². The van der Waals surface area contributed by atoms with Gasteiger partial charge in [-0.05, 0) is 43.7 Å². The first-order valence-corrected chi connectivity index (χ1v) is 6.45. The maximum atomic E-state index is 11.9. The predicted molar refractivity (Wildman–Crippen MR) is 68.3 cm³/mol. The van der Waals surface area contributed by atoms with Crippen molar-refractivity contribution in [2.45, 2.75) is 26.2 Å².